The zero-order valence-corrected chi connectivity index (χ0v) is 12.1. The van der Waals surface area contributed by atoms with Crippen LogP contribution < -0.4 is 5.32 Å². The highest BCUT2D eigenvalue weighted by Crippen LogP contribution is 2.33. The van der Waals surface area contributed by atoms with Crippen molar-refractivity contribution in [1.82, 2.24) is 15.3 Å². The van der Waals surface area contributed by atoms with Crippen LogP contribution in [0.15, 0.2) is 17.8 Å². The summed E-state index contributed by atoms with van der Waals surface area (Å²) in [5.41, 5.74) is 3.18. The Kier molecular flexibility index (Phi) is 3.84. The van der Waals surface area contributed by atoms with Crippen molar-refractivity contribution >= 4 is 17.2 Å². The maximum atomic E-state index is 12.0. The minimum Gasteiger partial charge on any atom is -0.372 e. The molecule has 0 aromatic carbocycles. The summed E-state index contributed by atoms with van der Waals surface area (Å²) in [6.07, 6.45) is 2.86. The summed E-state index contributed by atoms with van der Waals surface area (Å²) in [5, 5.41) is 4.97. The second-order valence-electron chi connectivity index (χ2n) is 4.87. The van der Waals surface area contributed by atoms with Gasteiger partial charge in [-0.25, -0.2) is 4.98 Å². The molecule has 3 heterocycles. The van der Waals surface area contributed by atoms with Crippen molar-refractivity contribution in [1.29, 1.82) is 0 Å². The quantitative estimate of drug-likeness (QED) is 0.906. The molecule has 0 fully saturated rings. The van der Waals surface area contributed by atoms with E-state index in [9.17, 15) is 4.79 Å². The van der Waals surface area contributed by atoms with E-state index in [1.807, 2.05) is 6.92 Å². The van der Waals surface area contributed by atoms with Crippen molar-refractivity contribution in [3.8, 4) is 0 Å². The third-order valence-electron chi connectivity index (χ3n) is 3.52. The predicted molar refractivity (Wildman–Crippen MR) is 76.5 cm³/mol. The largest absolute Gasteiger partial charge is 0.372 e. The topological polar surface area (TPSA) is 67.0 Å². The van der Waals surface area contributed by atoms with Gasteiger partial charge in [0.15, 0.2) is 0 Å². The summed E-state index contributed by atoms with van der Waals surface area (Å²) in [6.45, 7) is 3.09. The molecule has 6 heteroatoms. The van der Waals surface area contributed by atoms with Crippen LogP contribution in [0.1, 0.15) is 34.4 Å². The smallest absolute Gasteiger partial charge is 0.223 e. The summed E-state index contributed by atoms with van der Waals surface area (Å²) in [6, 6.07) is 2.13. The second kappa shape index (κ2) is 5.76. The summed E-state index contributed by atoms with van der Waals surface area (Å²) in [5.74, 6) is -0.00125. The number of imidazole rings is 1. The number of thiophene rings is 1. The fourth-order valence-corrected chi connectivity index (χ4v) is 3.37. The van der Waals surface area contributed by atoms with Gasteiger partial charge in [0.05, 0.1) is 31.6 Å². The fourth-order valence-electron chi connectivity index (χ4n) is 2.36. The molecule has 1 aliphatic rings. The third-order valence-corrected chi connectivity index (χ3v) is 4.57. The lowest BCUT2D eigenvalue weighted by molar-refractivity contribution is -0.124. The van der Waals surface area contributed by atoms with Crippen LogP contribution >= 0.6 is 11.3 Å². The molecule has 2 N–H and O–H groups in total. The highest BCUT2D eigenvalue weighted by atomic mass is 32.1. The average Bonchev–Trinajstić information content (AvgIpc) is 3.06. The number of aromatic nitrogens is 2. The predicted octanol–water partition coefficient (Wildman–Crippen LogP) is 2.10. The Bertz CT molecular complexity index is 605. The number of ether oxygens (including phenoxy) is 1. The first kappa shape index (κ1) is 13.3. The van der Waals surface area contributed by atoms with Gasteiger partial charge in [0.25, 0.3) is 0 Å². The van der Waals surface area contributed by atoms with Crippen LogP contribution in [0.3, 0.4) is 0 Å². The standard InChI is InChI=1S/C14H17N3O2S/c1-9-11(17-8-16-9)7-15-13(18)6-12-14-10(2-4-19-12)3-5-20-14/h3,5,8,12H,2,4,6-7H2,1H3,(H,15,18)(H,16,17). The van der Waals surface area contributed by atoms with E-state index in [0.717, 1.165) is 17.8 Å². The van der Waals surface area contributed by atoms with Crippen LogP contribution in [0.5, 0.6) is 0 Å². The van der Waals surface area contributed by atoms with Crippen molar-refractivity contribution in [3.63, 3.8) is 0 Å². The van der Waals surface area contributed by atoms with Crippen molar-refractivity contribution in [3.05, 3.63) is 39.6 Å². The Balaban J connectivity index is 1.57. The van der Waals surface area contributed by atoms with Gasteiger partial charge < -0.3 is 15.0 Å². The van der Waals surface area contributed by atoms with E-state index >= 15 is 0 Å². The molecule has 1 unspecified atom stereocenters. The fraction of sp³-hybridized carbons (Fsp3) is 0.429. The van der Waals surface area contributed by atoms with Crippen LogP contribution in [-0.4, -0.2) is 22.5 Å². The molecule has 1 aliphatic heterocycles. The number of hydrogen-bond donors (Lipinski definition) is 2. The molecule has 0 aliphatic carbocycles. The molecular formula is C14H17N3O2S. The second-order valence-corrected chi connectivity index (χ2v) is 5.82. The summed E-state index contributed by atoms with van der Waals surface area (Å²) >= 11 is 1.67. The molecule has 2 aromatic rings. The lowest BCUT2D eigenvalue weighted by atomic mass is 10.1. The summed E-state index contributed by atoms with van der Waals surface area (Å²) in [7, 11) is 0. The minimum absolute atomic E-state index is 0.00125. The lowest BCUT2D eigenvalue weighted by Gasteiger charge is -2.22. The molecule has 20 heavy (non-hydrogen) atoms. The van der Waals surface area contributed by atoms with Crippen molar-refractivity contribution < 1.29 is 9.53 Å². The van der Waals surface area contributed by atoms with Gasteiger partial charge in [0, 0.05) is 10.6 Å². The van der Waals surface area contributed by atoms with Crippen LogP contribution in [-0.2, 0) is 22.5 Å². The zero-order valence-electron chi connectivity index (χ0n) is 11.3. The van der Waals surface area contributed by atoms with Gasteiger partial charge in [-0.15, -0.1) is 11.3 Å². The maximum absolute atomic E-state index is 12.0. The van der Waals surface area contributed by atoms with Gasteiger partial charge in [0.1, 0.15) is 6.10 Å². The first-order valence-corrected chi connectivity index (χ1v) is 7.55. The minimum atomic E-state index is -0.0981. The highest BCUT2D eigenvalue weighted by Gasteiger charge is 2.24. The van der Waals surface area contributed by atoms with E-state index < -0.39 is 0 Å². The monoisotopic (exact) mass is 291 g/mol. The maximum Gasteiger partial charge on any atom is 0.223 e. The van der Waals surface area contributed by atoms with Crippen molar-refractivity contribution in [2.45, 2.75) is 32.4 Å². The third kappa shape index (κ3) is 2.76. The molecule has 1 amide bonds. The Morgan fingerprint density at radius 3 is 3.35 bits per heavy atom. The van der Waals surface area contributed by atoms with Crippen LogP contribution in [0.2, 0.25) is 0 Å². The summed E-state index contributed by atoms with van der Waals surface area (Å²) in [4.78, 5) is 20.4. The Hall–Kier alpha value is -1.66. The molecule has 0 saturated heterocycles. The van der Waals surface area contributed by atoms with Crippen molar-refractivity contribution in [2.75, 3.05) is 6.61 Å². The van der Waals surface area contributed by atoms with Gasteiger partial charge in [-0.1, -0.05) is 0 Å². The van der Waals surface area contributed by atoms with Crippen LogP contribution in [0.25, 0.3) is 0 Å². The molecule has 5 nitrogen and oxygen atoms in total. The number of nitrogens with zero attached hydrogens (tertiary/aromatic N) is 1. The van der Waals surface area contributed by atoms with Gasteiger partial charge >= 0.3 is 0 Å². The number of amides is 1. The van der Waals surface area contributed by atoms with Gasteiger partial charge in [-0.3, -0.25) is 4.79 Å². The number of rotatable bonds is 4. The van der Waals surface area contributed by atoms with E-state index in [0.29, 0.717) is 19.6 Å². The Morgan fingerprint density at radius 1 is 1.65 bits per heavy atom. The Morgan fingerprint density at radius 2 is 2.55 bits per heavy atom. The average molecular weight is 291 g/mol. The SMILES string of the molecule is Cc1[nH]cnc1CNC(=O)CC1OCCc2ccsc21. The molecule has 2 aromatic heterocycles. The highest BCUT2D eigenvalue weighted by molar-refractivity contribution is 7.10. The van der Waals surface area contributed by atoms with Gasteiger partial charge in [-0.2, -0.15) is 0 Å². The van der Waals surface area contributed by atoms with Crippen molar-refractivity contribution in [2.24, 2.45) is 0 Å². The molecule has 0 spiro atoms. The molecule has 3 rings (SSSR count). The number of H-pyrrole nitrogens is 1. The van der Waals surface area contributed by atoms with Crippen LogP contribution in [0.4, 0.5) is 0 Å². The van der Waals surface area contributed by atoms with Crippen LogP contribution in [0, 0.1) is 6.92 Å². The van der Waals surface area contributed by atoms with Gasteiger partial charge in [-0.05, 0) is 30.4 Å². The number of aromatic amines is 1. The number of carbonyl (C=O) groups is 1. The molecular weight excluding hydrogens is 274 g/mol. The van der Waals surface area contributed by atoms with E-state index in [-0.39, 0.29) is 12.0 Å². The van der Waals surface area contributed by atoms with E-state index in [2.05, 4.69) is 26.7 Å². The molecule has 0 bridgehead atoms. The first-order valence-electron chi connectivity index (χ1n) is 6.67. The number of fused-ring (bicyclic) bond motifs is 1. The number of hydrogen-bond acceptors (Lipinski definition) is 4. The number of nitrogens with one attached hydrogen (secondary N) is 2. The number of aryl methyl sites for hydroxylation is 1. The number of carbonyl (C=O) groups excluding carboxylic acids is 1. The molecule has 1 atom stereocenters. The first-order chi connectivity index (χ1) is 9.74. The van der Waals surface area contributed by atoms with E-state index in [1.165, 1.54) is 10.4 Å². The molecule has 106 valence electrons. The Labute approximate surface area is 121 Å². The van der Waals surface area contributed by atoms with Gasteiger partial charge in [0.2, 0.25) is 5.91 Å². The lowest BCUT2D eigenvalue weighted by Crippen LogP contribution is -2.27. The molecule has 0 radical (unpaired) electrons. The van der Waals surface area contributed by atoms with E-state index in [1.54, 1.807) is 17.7 Å². The molecule has 0 saturated carbocycles. The normalized spacial score (nSPS) is 17.8. The summed E-state index contributed by atoms with van der Waals surface area (Å²) < 4.78 is 5.72. The van der Waals surface area contributed by atoms with E-state index in [4.69, 9.17) is 4.74 Å². The zero-order chi connectivity index (χ0) is 13.9.